The minimum absolute atomic E-state index is 0.0190. The molecule has 32 heavy (non-hydrogen) atoms. The number of nitrogens with two attached hydrogens (primary N) is 1. The first kappa shape index (κ1) is 23.2. The average molecular weight is 474 g/mol. The Morgan fingerprint density at radius 3 is 2.72 bits per heavy atom. The summed E-state index contributed by atoms with van der Waals surface area (Å²) < 4.78 is 7.34. The normalized spacial score (nSPS) is 15.9. The maximum absolute atomic E-state index is 13.5. The molecule has 3 heterocycles. The first-order valence-electron chi connectivity index (χ1n) is 11.3. The summed E-state index contributed by atoms with van der Waals surface area (Å²) in [4.78, 5) is 18.0. The van der Waals surface area contributed by atoms with E-state index in [0.29, 0.717) is 33.8 Å². The highest BCUT2D eigenvalue weighted by Crippen LogP contribution is 2.34. The van der Waals surface area contributed by atoms with Crippen LogP contribution in [0, 0.1) is 11.8 Å². The number of imidazole rings is 1. The number of hydrogen-bond donors (Lipinski definition) is 1. The molecule has 1 aliphatic rings. The number of ether oxygens (including phenoxy) is 1. The lowest BCUT2D eigenvalue weighted by Crippen LogP contribution is -2.20. The van der Waals surface area contributed by atoms with Crippen molar-refractivity contribution in [1.29, 1.82) is 0 Å². The topological polar surface area (TPSA) is 69.6 Å². The number of carbonyl (C=O) groups is 1. The molecule has 1 unspecified atom stereocenters. The van der Waals surface area contributed by atoms with Crippen LogP contribution in [0.15, 0.2) is 36.7 Å². The molecule has 0 spiro atoms. The number of hydrogen-bond acceptors (Lipinski definition) is 4. The van der Waals surface area contributed by atoms with Crippen molar-refractivity contribution in [1.82, 2.24) is 9.38 Å². The summed E-state index contributed by atoms with van der Waals surface area (Å²) in [6.07, 6.45) is 8.56. The molecular formula is C25H29Cl2N3O2. The van der Waals surface area contributed by atoms with Crippen LogP contribution in [-0.2, 0) is 11.3 Å². The second kappa shape index (κ2) is 10.3. The van der Waals surface area contributed by atoms with Crippen molar-refractivity contribution in [3.63, 3.8) is 0 Å². The fraction of sp³-hybridized carbons (Fsp3) is 0.440. The van der Waals surface area contributed by atoms with Gasteiger partial charge in [0.2, 0.25) is 0 Å². The Balaban J connectivity index is 1.65. The van der Waals surface area contributed by atoms with Crippen LogP contribution >= 0.6 is 23.2 Å². The van der Waals surface area contributed by atoms with E-state index in [4.69, 9.17) is 33.7 Å². The van der Waals surface area contributed by atoms with Gasteiger partial charge in [-0.15, -0.1) is 0 Å². The molecule has 0 saturated carbocycles. The summed E-state index contributed by atoms with van der Waals surface area (Å²) >= 11 is 12.6. The number of benzene rings is 1. The molecule has 2 N–H and O–H groups in total. The fourth-order valence-corrected chi connectivity index (χ4v) is 5.08. The van der Waals surface area contributed by atoms with E-state index in [1.807, 2.05) is 22.7 Å². The Bertz CT molecular complexity index is 1110. The Hall–Kier alpha value is -1.92. The van der Waals surface area contributed by atoms with Gasteiger partial charge in [0.25, 0.3) is 0 Å². The summed E-state index contributed by atoms with van der Waals surface area (Å²) in [5.41, 5.74) is 9.96. The Morgan fingerprint density at radius 2 is 2.03 bits per heavy atom. The van der Waals surface area contributed by atoms with Gasteiger partial charge in [-0.3, -0.25) is 9.20 Å². The smallest absolute Gasteiger partial charge is 0.184 e. The third kappa shape index (κ3) is 4.86. The predicted octanol–water partition coefficient (Wildman–Crippen LogP) is 6.18. The summed E-state index contributed by atoms with van der Waals surface area (Å²) in [5.74, 6) is 0.772. The van der Waals surface area contributed by atoms with Crippen LogP contribution < -0.4 is 5.73 Å². The standard InChI is InChI=1S/C25H29Cl2N3O2/c1-2-17(4-3-16-7-9-32-10-8-16)25(31)23-14-29-24-11-18(13-28)21(15-30(23)24)20-6-5-19(26)12-22(20)27/h5-6,11-12,14-17H,2-4,7-10,13,28H2,1H3. The molecule has 3 aromatic rings. The van der Waals surface area contributed by atoms with E-state index in [1.165, 1.54) is 0 Å². The molecule has 0 radical (unpaired) electrons. The summed E-state index contributed by atoms with van der Waals surface area (Å²) in [6, 6.07) is 7.33. The van der Waals surface area contributed by atoms with Crippen molar-refractivity contribution in [2.75, 3.05) is 13.2 Å². The Kier molecular flexibility index (Phi) is 7.51. The SMILES string of the molecule is CCC(CCC1CCOCC1)C(=O)c1cnc2cc(CN)c(-c3ccc(Cl)cc3Cl)cn12. The zero-order chi connectivity index (χ0) is 22.7. The molecule has 0 amide bonds. The molecule has 0 bridgehead atoms. The fourth-order valence-electron chi connectivity index (χ4n) is 4.57. The largest absolute Gasteiger partial charge is 0.381 e. The van der Waals surface area contributed by atoms with E-state index in [9.17, 15) is 4.79 Å². The van der Waals surface area contributed by atoms with Crippen LogP contribution in [-0.4, -0.2) is 28.4 Å². The van der Waals surface area contributed by atoms with Crippen LogP contribution in [0.4, 0.5) is 0 Å². The number of Topliss-reactive ketones (excluding diaryl/α,β-unsaturated/α-hetero) is 1. The quantitative estimate of drug-likeness (QED) is 0.396. The van der Waals surface area contributed by atoms with Gasteiger partial charge in [-0.05, 0) is 61.8 Å². The van der Waals surface area contributed by atoms with Crippen molar-refractivity contribution in [3.8, 4) is 11.1 Å². The van der Waals surface area contributed by atoms with Crippen molar-refractivity contribution in [2.45, 2.75) is 45.6 Å². The van der Waals surface area contributed by atoms with E-state index in [2.05, 4.69) is 11.9 Å². The minimum atomic E-state index is -0.0190. The van der Waals surface area contributed by atoms with E-state index >= 15 is 0 Å². The van der Waals surface area contributed by atoms with Crippen molar-refractivity contribution in [3.05, 3.63) is 58.0 Å². The second-order valence-corrected chi connectivity index (χ2v) is 9.36. The van der Waals surface area contributed by atoms with E-state index < -0.39 is 0 Å². The molecular weight excluding hydrogens is 445 g/mol. The molecule has 1 aromatic carbocycles. The Morgan fingerprint density at radius 1 is 1.25 bits per heavy atom. The lowest BCUT2D eigenvalue weighted by Gasteiger charge is -2.23. The highest BCUT2D eigenvalue weighted by Gasteiger charge is 2.24. The molecule has 1 saturated heterocycles. The van der Waals surface area contributed by atoms with Gasteiger partial charge in [-0.25, -0.2) is 4.98 Å². The van der Waals surface area contributed by atoms with Gasteiger partial charge in [-0.1, -0.05) is 36.2 Å². The lowest BCUT2D eigenvalue weighted by atomic mass is 9.87. The van der Waals surface area contributed by atoms with Gasteiger partial charge in [0.05, 0.1) is 6.20 Å². The Labute approximate surface area is 198 Å². The van der Waals surface area contributed by atoms with Gasteiger partial charge in [-0.2, -0.15) is 0 Å². The monoisotopic (exact) mass is 473 g/mol. The van der Waals surface area contributed by atoms with E-state index in [0.717, 1.165) is 62.0 Å². The number of rotatable bonds is 8. The molecule has 1 atom stereocenters. The van der Waals surface area contributed by atoms with E-state index in [-0.39, 0.29) is 11.7 Å². The molecule has 4 rings (SSSR count). The molecule has 2 aromatic heterocycles. The highest BCUT2D eigenvalue weighted by atomic mass is 35.5. The first-order chi connectivity index (χ1) is 15.5. The molecule has 170 valence electrons. The van der Waals surface area contributed by atoms with Crippen molar-refractivity contribution < 1.29 is 9.53 Å². The number of carbonyl (C=O) groups excluding carboxylic acids is 1. The number of fused-ring (bicyclic) bond motifs is 1. The van der Waals surface area contributed by atoms with Crippen molar-refractivity contribution in [2.24, 2.45) is 17.6 Å². The van der Waals surface area contributed by atoms with Gasteiger partial charge < -0.3 is 10.5 Å². The second-order valence-electron chi connectivity index (χ2n) is 8.51. The molecule has 1 fully saturated rings. The third-order valence-electron chi connectivity index (χ3n) is 6.55. The van der Waals surface area contributed by atoms with Gasteiger partial charge in [0, 0.05) is 53.0 Å². The van der Waals surface area contributed by atoms with Crippen LogP contribution in [0.25, 0.3) is 16.8 Å². The third-order valence-corrected chi connectivity index (χ3v) is 7.10. The van der Waals surface area contributed by atoms with Crippen LogP contribution in [0.3, 0.4) is 0 Å². The summed E-state index contributed by atoms with van der Waals surface area (Å²) in [7, 11) is 0. The lowest BCUT2D eigenvalue weighted by molar-refractivity contribution is 0.0609. The minimum Gasteiger partial charge on any atom is -0.381 e. The van der Waals surface area contributed by atoms with Crippen LogP contribution in [0.5, 0.6) is 0 Å². The van der Waals surface area contributed by atoms with Gasteiger partial charge in [0.15, 0.2) is 5.78 Å². The number of nitrogens with zero attached hydrogens (tertiary/aromatic N) is 2. The summed E-state index contributed by atoms with van der Waals surface area (Å²) in [6.45, 7) is 4.09. The maximum Gasteiger partial charge on any atom is 0.184 e. The zero-order valence-corrected chi connectivity index (χ0v) is 19.8. The highest BCUT2D eigenvalue weighted by molar-refractivity contribution is 6.36. The number of pyridine rings is 1. The zero-order valence-electron chi connectivity index (χ0n) is 18.3. The molecule has 0 aliphatic carbocycles. The summed E-state index contributed by atoms with van der Waals surface area (Å²) in [5, 5.41) is 1.12. The van der Waals surface area contributed by atoms with Crippen LogP contribution in [0.2, 0.25) is 10.0 Å². The average Bonchev–Trinajstić information content (AvgIpc) is 3.22. The number of aromatic nitrogens is 2. The number of ketones is 1. The maximum atomic E-state index is 13.5. The van der Waals surface area contributed by atoms with E-state index in [1.54, 1.807) is 18.3 Å². The number of halogens is 2. The molecule has 5 nitrogen and oxygen atoms in total. The van der Waals surface area contributed by atoms with Gasteiger partial charge >= 0.3 is 0 Å². The molecule has 7 heteroatoms. The predicted molar refractivity (Wildman–Crippen MR) is 129 cm³/mol. The van der Waals surface area contributed by atoms with Crippen molar-refractivity contribution >= 4 is 34.6 Å². The van der Waals surface area contributed by atoms with Crippen LogP contribution in [0.1, 0.15) is 55.1 Å². The first-order valence-corrected chi connectivity index (χ1v) is 12.0. The molecule has 1 aliphatic heterocycles. The van der Waals surface area contributed by atoms with Gasteiger partial charge in [0.1, 0.15) is 11.3 Å².